The minimum Gasteiger partial charge on any atom is -0.393 e. The smallest absolute Gasteiger partial charge is 0.0537 e. The molecule has 1 unspecified atom stereocenters. The number of aliphatic hydroxyl groups is 1. The Balaban J connectivity index is 0. The summed E-state index contributed by atoms with van der Waals surface area (Å²) >= 11 is 0. The number of aliphatic hydroxyl groups excluding tert-OH is 1. The second-order valence-corrected chi connectivity index (χ2v) is 2.56. The van der Waals surface area contributed by atoms with E-state index in [0.717, 1.165) is 12.8 Å². The normalized spacial score (nSPS) is 12.3. The summed E-state index contributed by atoms with van der Waals surface area (Å²) in [6.45, 7) is 4.20. The third-order valence-electron chi connectivity index (χ3n) is 1.61. The van der Waals surface area contributed by atoms with Gasteiger partial charge in [-0.15, -0.1) is 0 Å². The Labute approximate surface area is 83.3 Å². The van der Waals surface area contributed by atoms with E-state index in [2.05, 4.69) is 6.92 Å². The topological polar surface area (TPSA) is 20.2 Å². The molecule has 0 heterocycles. The largest absolute Gasteiger partial charge is 0.393 e. The molecular weight excluding hydrogens is 203 g/mol. The maximum absolute atomic E-state index is 9.08. The van der Waals surface area contributed by atoms with E-state index >= 15 is 0 Å². The molecule has 0 saturated heterocycles. The van der Waals surface area contributed by atoms with Gasteiger partial charge in [0.2, 0.25) is 0 Å². The first kappa shape index (κ1) is 13.4. The van der Waals surface area contributed by atoms with Gasteiger partial charge in [0, 0.05) is 26.2 Å². The third-order valence-corrected chi connectivity index (χ3v) is 1.61. The first-order valence-corrected chi connectivity index (χ1v) is 3.99. The van der Waals surface area contributed by atoms with Crippen LogP contribution in [0.4, 0.5) is 0 Å². The number of unbranched alkanes of at least 4 members (excludes halogenated alkanes) is 2. The van der Waals surface area contributed by atoms with Crippen molar-refractivity contribution in [3.05, 3.63) is 0 Å². The minimum absolute atomic E-state index is 0. The molecule has 0 amide bonds. The van der Waals surface area contributed by atoms with Crippen molar-refractivity contribution in [2.24, 2.45) is 0 Å². The molecule has 0 rings (SSSR count). The van der Waals surface area contributed by atoms with Crippen LogP contribution in [0.3, 0.4) is 0 Å². The number of hydrogen-bond acceptors (Lipinski definition) is 1. The zero-order chi connectivity index (χ0) is 7.11. The van der Waals surface area contributed by atoms with Gasteiger partial charge in [0.25, 0.3) is 0 Å². The van der Waals surface area contributed by atoms with Crippen LogP contribution in [-0.4, -0.2) is 11.2 Å². The summed E-state index contributed by atoms with van der Waals surface area (Å²) in [5.74, 6) is 0. The average molecular weight is 221 g/mol. The molecule has 1 atom stereocenters. The second-order valence-electron chi connectivity index (χ2n) is 2.56. The maximum Gasteiger partial charge on any atom is 0.0537 e. The van der Waals surface area contributed by atoms with Crippen LogP contribution in [0.2, 0.25) is 0 Å². The van der Waals surface area contributed by atoms with E-state index in [4.69, 9.17) is 5.11 Å². The Kier molecular flexibility index (Phi) is 13.2. The molecule has 0 aliphatic rings. The molecule has 0 bridgehead atoms. The van der Waals surface area contributed by atoms with Gasteiger partial charge >= 0.3 is 0 Å². The summed E-state index contributed by atoms with van der Waals surface area (Å²) in [5.41, 5.74) is 0. The summed E-state index contributed by atoms with van der Waals surface area (Å²) in [6.07, 6.45) is 5.55. The fourth-order valence-electron chi connectivity index (χ4n) is 0.834. The van der Waals surface area contributed by atoms with E-state index in [1.54, 1.807) is 0 Å². The predicted molar refractivity (Wildman–Crippen MR) is 40.4 cm³/mol. The van der Waals surface area contributed by atoms with Crippen LogP contribution in [-0.2, 0) is 26.2 Å². The van der Waals surface area contributed by atoms with Gasteiger partial charge in [0.05, 0.1) is 6.10 Å². The van der Waals surface area contributed by atoms with E-state index in [-0.39, 0.29) is 32.3 Å². The number of hydrogen-bond donors (Lipinski definition) is 1. The third kappa shape index (κ3) is 8.84. The Morgan fingerprint density at radius 3 is 2.20 bits per heavy atom. The molecule has 0 aromatic carbocycles. The molecule has 0 aromatic rings. The van der Waals surface area contributed by atoms with Crippen LogP contribution in [0, 0.1) is 0 Å². The second kappa shape index (κ2) is 9.84. The first-order valence-electron chi connectivity index (χ1n) is 3.99. The Hall–Kier alpha value is 0.843. The Morgan fingerprint density at radius 2 is 1.80 bits per heavy atom. The van der Waals surface area contributed by atoms with Crippen molar-refractivity contribution in [2.45, 2.75) is 52.1 Å². The molecule has 0 fully saturated rings. The van der Waals surface area contributed by atoms with Crippen LogP contribution in [0.15, 0.2) is 0 Å². The molecule has 1 N–H and O–H groups in total. The van der Waals surface area contributed by atoms with E-state index in [0.29, 0.717) is 0 Å². The summed E-state index contributed by atoms with van der Waals surface area (Å²) in [4.78, 5) is 0. The van der Waals surface area contributed by atoms with E-state index in [1.807, 2.05) is 6.92 Å². The predicted octanol–water partition coefficient (Wildman–Crippen LogP) is 2.34. The first-order chi connectivity index (χ1) is 4.31. The van der Waals surface area contributed by atoms with Gasteiger partial charge < -0.3 is 5.11 Å². The summed E-state index contributed by atoms with van der Waals surface area (Å²) in [6, 6.07) is 0. The van der Waals surface area contributed by atoms with Gasteiger partial charge in [0.1, 0.15) is 0 Å². The maximum atomic E-state index is 9.08. The molecule has 0 aliphatic carbocycles. The molecule has 0 radical (unpaired) electrons. The minimum atomic E-state index is -0.0449. The zero-order valence-corrected chi connectivity index (χ0v) is 9.52. The van der Waals surface area contributed by atoms with Gasteiger partial charge in [-0.25, -0.2) is 0 Å². The quantitative estimate of drug-likeness (QED) is 0.707. The molecule has 0 aliphatic heterocycles. The SMILES string of the molecule is CCCCCC(O)CC.[Zr]. The van der Waals surface area contributed by atoms with Gasteiger partial charge in [0.15, 0.2) is 0 Å². The Bertz CT molecular complexity index is 57.2. The van der Waals surface area contributed by atoms with Crippen molar-refractivity contribution in [3.63, 3.8) is 0 Å². The fraction of sp³-hybridized carbons (Fsp3) is 1.00. The summed E-state index contributed by atoms with van der Waals surface area (Å²) in [5, 5.41) is 9.08. The van der Waals surface area contributed by atoms with Crippen molar-refractivity contribution < 1.29 is 31.3 Å². The van der Waals surface area contributed by atoms with E-state index in [1.165, 1.54) is 19.3 Å². The van der Waals surface area contributed by atoms with Gasteiger partial charge in [-0.2, -0.15) is 0 Å². The van der Waals surface area contributed by atoms with Crippen LogP contribution < -0.4 is 0 Å². The van der Waals surface area contributed by atoms with Crippen molar-refractivity contribution in [1.82, 2.24) is 0 Å². The van der Waals surface area contributed by atoms with Gasteiger partial charge in [-0.3, -0.25) is 0 Å². The van der Waals surface area contributed by atoms with Crippen molar-refractivity contribution in [2.75, 3.05) is 0 Å². The summed E-state index contributed by atoms with van der Waals surface area (Å²) in [7, 11) is 0. The van der Waals surface area contributed by atoms with Crippen molar-refractivity contribution >= 4 is 0 Å². The molecule has 2 heteroatoms. The fourth-order valence-corrected chi connectivity index (χ4v) is 0.834. The molecule has 10 heavy (non-hydrogen) atoms. The van der Waals surface area contributed by atoms with Crippen molar-refractivity contribution in [3.8, 4) is 0 Å². The summed E-state index contributed by atoms with van der Waals surface area (Å²) < 4.78 is 0. The zero-order valence-electron chi connectivity index (χ0n) is 7.06. The molecule has 60 valence electrons. The molecular formula is C8H18OZr. The van der Waals surface area contributed by atoms with Crippen LogP contribution in [0.5, 0.6) is 0 Å². The van der Waals surface area contributed by atoms with Crippen LogP contribution in [0.25, 0.3) is 0 Å². The van der Waals surface area contributed by atoms with Crippen molar-refractivity contribution in [1.29, 1.82) is 0 Å². The standard InChI is InChI=1S/C8H18O.Zr/c1-3-5-6-7-8(9)4-2;/h8-9H,3-7H2,1-2H3;. The molecule has 0 aromatic heterocycles. The van der Waals surface area contributed by atoms with E-state index < -0.39 is 0 Å². The monoisotopic (exact) mass is 220 g/mol. The van der Waals surface area contributed by atoms with E-state index in [9.17, 15) is 0 Å². The van der Waals surface area contributed by atoms with Gasteiger partial charge in [-0.05, 0) is 12.8 Å². The molecule has 0 saturated carbocycles. The Morgan fingerprint density at radius 1 is 1.20 bits per heavy atom. The average Bonchev–Trinajstić information content (AvgIpc) is 1.89. The van der Waals surface area contributed by atoms with Crippen LogP contribution >= 0.6 is 0 Å². The van der Waals surface area contributed by atoms with Crippen LogP contribution in [0.1, 0.15) is 46.0 Å². The van der Waals surface area contributed by atoms with Gasteiger partial charge in [-0.1, -0.05) is 33.1 Å². The molecule has 1 nitrogen and oxygen atoms in total. The molecule has 0 spiro atoms. The number of rotatable bonds is 5.